The number of ketones is 1. The highest BCUT2D eigenvalue weighted by Gasteiger charge is 2.51. The summed E-state index contributed by atoms with van der Waals surface area (Å²) in [5.41, 5.74) is 0.341. The molecule has 0 aliphatic heterocycles. The molecule has 0 heterocycles. The van der Waals surface area contributed by atoms with Gasteiger partial charge >= 0.3 is 0 Å². The van der Waals surface area contributed by atoms with Crippen molar-refractivity contribution < 1.29 is 9.53 Å². The lowest BCUT2D eigenvalue weighted by atomic mass is 9.68. The van der Waals surface area contributed by atoms with Crippen LogP contribution < -0.4 is 0 Å². The van der Waals surface area contributed by atoms with Gasteiger partial charge in [0.1, 0.15) is 5.78 Å². The summed E-state index contributed by atoms with van der Waals surface area (Å²) in [6.45, 7) is 9.68. The number of hydrogen-bond acceptors (Lipinski definition) is 2. The number of rotatable bonds is 2. The molecule has 0 aromatic heterocycles. The number of carbonyl (C=O) groups is 1. The van der Waals surface area contributed by atoms with E-state index in [4.69, 9.17) is 4.74 Å². The molecule has 98 valence electrons. The van der Waals surface area contributed by atoms with E-state index >= 15 is 0 Å². The number of ether oxygens (including phenoxy) is 1. The van der Waals surface area contributed by atoms with Crippen LogP contribution in [-0.2, 0) is 9.53 Å². The molecule has 0 N–H and O–H groups in total. The second-order valence-corrected chi connectivity index (χ2v) is 7.32. The fourth-order valence-corrected chi connectivity index (χ4v) is 3.51. The molecule has 2 saturated carbocycles. The summed E-state index contributed by atoms with van der Waals surface area (Å²) in [5, 5.41) is 0. The highest BCUT2D eigenvalue weighted by molar-refractivity contribution is 5.83. The first-order chi connectivity index (χ1) is 7.83. The topological polar surface area (TPSA) is 26.3 Å². The Kier molecular flexibility index (Phi) is 3.37. The third kappa shape index (κ3) is 2.57. The highest BCUT2D eigenvalue weighted by atomic mass is 16.5. The standard InChI is InChI=1S/C15H26O2/c1-14(2,3)10-17-13-8-7-11-12(16)6-5-9-15(11,13)4/h11,13H,5-10H2,1-4H3/t11-,13-,15-/m0/s1. The quantitative estimate of drug-likeness (QED) is 0.735. The number of hydrogen-bond donors (Lipinski definition) is 0. The lowest BCUT2D eigenvalue weighted by molar-refractivity contribution is -0.133. The van der Waals surface area contributed by atoms with Gasteiger partial charge in [-0.05, 0) is 31.1 Å². The van der Waals surface area contributed by atoms with Gasteiger partial charge < -0.3 is 4.74 Å². The van der Waals surface area contributed by atoms with Crippen molar-refractivity contribution in [2.24, 2.45) is 16.7 Å². The molecule has 3 atom stereocenters. The maximum atomic E-state index is 12.0. The largest absolute Gasteiger partial charge is 0.377 e. The molecule has 2 nitrogen and oxygen atoms in total. The smallest absolute Gasteiger partial charge is 0.136 e. The Balaban J connectivity index is 2.03. The zero-order valence-electron chi connectivity index (χ0n) is 11.7. The summed E-state index contributed by atoms with van der Waals surface area (Å²) in [4.78, 5) is 12.0. The Morgan fingerprint density at radius 1 is 1.35 bits per heavy atom. The van der Waals surface area contributed by atoms with Gasteiger partial charge in [0.05, 0.1) is 12.7 Å². The Labute approximate surface area is 105 Å². The van der Waals surface area contributed by atoms with E-state index in [9.17, 15) is 4.79 Å². The van der Waals surface area contributed by atoms with Crippen molar-refractivity contribution in [3.63, 3.8) is 0 Å². The van der Waals surface area contributed by atoms with Crippen LogP contribution in [0, 0.1) is 16.7 Å². The molecule has 0 amide bonds. The van der Waals surface area contributed by atoms with Crippen LogP contribution in [0.25, 0.3) is 0 Å². The SMILES string of the molecule is CC(C)(C)CO[C@H]1CC[C@H]2C(=O)CCC[C@]12C. The molecule has 2 aliphatic carbocycles. The molecule has 0 radical (unpaired) electrons. The normalized spacial score (nSPS) is 38.2. The van der Waals surface area contributed by atoms with Crippen LogP contribution in [0.2, 0.25) is 0 Å². The Bertz CT molecular complexity index is 303. The van der Waals surface area contributed by atoms with Gasteiger partial charge in [0.2, 0.25) is 0 Å². The van der Waals surface area contributed by atoms with Gasteiger partial charge in [0.15, 0.2) is 0 Å². The molecule has 0 unspecified atom stereocenters. The number of Topliss-reactive ketones (excluding diaryl/α,β-unsaturated/α-hetero) is 1. The summed E-state index contributed by atoms with van der Waals surface area (Å²) in [6.07, 6.45) is 5.44. The van der Waals surface area contributed by atoms with Gasteiger partial charge in [-0.1, -0.05) is 27.7 Å². The van der Waals surface area contributed by atoms with Crippen LogP contribution >= 0.6 is 0 Å². The number of fused-ring (bicyclic) bond motifs is 1. The monoisotopic (exact) mass is 238 g/mol. The van der Waals surface area contributed by atoms with E-state index in [0.717, 1.165) is 38.7 Å². The van der Waals surface area contributed by atoms with Gasteiger partial charge in [-0.2, -0.15) is 0 Å². The molecule has 0 saturated heterocycles. The fourth-order valence-electron chi connectivity index (χ4n) is 3.51. The average Bonchev–Trinajstić information content (AvgIpc) is 2.52. The van der Waals surface area contributed by atoms with Crippen LogP contribution in [0.4, 0.5) is 0 Å². The van der Waals surface area contributed by atoms with Gasteiger partial charge in [-0.3, -0.25) is 4.79 Å². The van der Waals surface area contributed by atoms with Crippen LogP contribution in [0.15, 0.2) is 0 Å². The molecule has 0 bridgehead atoms. The van der Waals surface area contributed by atoms with Gasteiger partial charge in [0, 0.05) is 17.8 Å². The maximum Gasteiger partial charge on any atom is 0.136 e. The summed E-state index contributed by atoms with van der Waals surface area (Å²) >= 11 is 0. The molecular weight excluding hydrogens is 212 g/mol. The van der Waals surface area contributed by atoms with Crippen molar-refractivity contribution in [3.8, 4) is 0 Å². The van der Waals surface area contributed by atoms with Crippen LogP contribution in [-0.4, -0.2) is 18.5 Å². The Morgan fingerprint density at radius 2 is 2.06 bits per heavy atom. The zero-order chi connectivity index (χ0) is 12.7. The molecule has 2 heteroatoms. The first-order valence-corrected chi connectivity index (χ1v) is 6.97. The third-order valence-electron chi connectivity index (χ3n) is 4.49. The zero-order valence-corrected chi connectivity index (χ0v) is 11.7. The first-order valence-electron chi connectivity index (χ1n) is 6.97. The molecule has 0 aromatic rings. The first kappa shape index (κ1) is 13.1. The van der Waals surface area contributed by atoms with E-state index in [1.807, 2.05) is 0 Å². The molecule has 0 spiro atoms. The van der Waals surface area contributed by atoms with E-state index < -0.39 is 0 Å². The minimum absolute atomic E-state index is 0.126. The van der Waals surface area contributed by atoms with Crippen LogP contribution in [0.5, 0.6) is 0 Å². The fraction of sp³-hybridized carbons (Fsp3) is 0.933. The van der Waals surface area contributed by atoms with Crippen molar-refractivity contribution in [2.75, 3.05) is 6.61 Å². The Morgan fingerprint density at radius 3 is 2.71 bits per heavy atom. The predicted octanol–water partition coefficient (Wildman–Crippen LogP) is 3.59. The van der Waals surface area contributed by atoms with Gasteiger partial charge in [0.25, 0.3) is 0 Å². The minimum atomic E-state index is 0.126. The van der Waals surface area contributed by atoms with Crippen molar-refractivity contribution in [2.45, 2.75) is 65.9 Å². The molecular formula is C15H26O2. The summed E-state index contributed by atoms with van der Waals surface area (Å²) < 4.78 is 6.14. The van der Waals surface area contributed by atoms with Gasteiger partial charge in [-0.25, -0.2) is 0 Å². The van der Waals surface area contributed by atoms with Crippen molar-refractivity contribution in [1.29, 1.82) is 0 Å². The summed E-state index contributed by atoms with van der Waals surface area (Å²) in [5.74, 6) is 0.766. The summed E-state index contributed by atoms with van der Waals surface area (Å²) in [7, 11) is 0. The predicted molar refractivity (Wildman–Crippen MR) is 68.9 cm³/mol. The molecule has 17 heavy (non-hydrogen) atoms. The van der Waals surface area contributed by atoms with E-state index in [1.165, 1.54) is 0 Å². The van der Waals surface area contributed by atoms with Gasteiger partial charge in [-0.15, -0.1) is 0 Å². The Hall–Kier alpha value is -0.370. The average molecular weight is 238 g/mol. The third-order valence-corrected chi connectivity index (χ3v) is 4.49. The lowest BCUT2D eigenvalue weighted by Gasteiger charge is -2.40. The van der Waals surface area contributed by atoms with E-state index in [-0.39, 0.29) is 16.7 Å². The number of carbonyl (C=O) groups excluding carboxylic acids is 1. The lowest BCUT2D eigenvalue weighted by Crippen LogP contribution is -2.41. The van der Waals surface area contributed by atoms with E-state index in [0.29, 0.717) is 11.9 Å². The maximum absolute atomic E-state index is 12.0. The van der Waals surface area contributed by atoms with Crippen molar-refractivity contribution in [3.05, 3.63) is 0 Å². The second kappa shape index (κ2) is 4.38. The van der Waals surface area contributed by atoms with Crippen molar-refractivity contribution >= 4 is 5.78 Å². The second-order valence-electron chi connectivity index (χ2n) is 7.32. The highest BCUT2D eigenvalue weighted by Crippen LogP contribution is 2.52. The van der Waals surface area contributed by atoms with E-state index in [1.54, 1.807) is 0 Å². The van der Waals surface area contributed by atoms with Crippen LogP contribution in [0.1, 0.15) is 59.8 Å². The summed E-state index contributed by atoms with van der Waals surface area (Å²) in [6, 6.07) is 0. The van der Waals surface area contributed by atoms with E-state index in [2.05, 4.69) is 27.7 Å². The molecule has 2 rings (SSSR count). The molecule has 0 aromatic carbocycles. The minimum Gasteiger partial charge on any atom is -0.377 e. The van der Waals surface area contributed by atoms with Crippen LogP contribution in [0.3, 0.4) is 0 Å². The van der Waals surface area contributed by atoms with Crippen molar-refractivity contribution in [1.82, 2.24) is 0 Å². The molecule has 2 fully saturated rings. The molecule has 2 aliphatic rings.